The average Bonchev–Trinajstić information content (AvgIpc) is 2.36. The lowest BCUT2D eigenvalue weighted by molar-refractivity contribution is -0.137. The van der Waals surface area contributed by atoms with Crippen molar-refractivity contribution >= 4 is 29.3 Å². The second-order valence-electron chi connectivity index (χ2n) is 4.56. The molecule has 0 heterocycles. The molecule has 7 heteroatoms. The van der Waals surface area contributed by atoms with Crippen LogP contribution in [0.4, 0.5) is 16.2 Å². The summed E-state index contributed by atoms with van der Waals surface area (Å²) in [7, 11) is 0. The molecule has 0 saturated carbocycles. The van der Waals surface area contributed by atoms with Crippen molar-refractivity contribution in [2.45, 2.75) is 32.7 Å². The third-order valence-corrected chi connectivity index (χ3v) is 2.69. The van der Waals surface area contributed by atoms with Crippen LogP contribution in [0.5, 0.6) is 0 Å². The van der Waals surface area contributed by atoms with E-state index in [-0.39, 0.29) is 12.3 Å². The maximum absolute atomic E-state index is 11.8. The highest BCUT2D eigenvalue weighted by atomic mass is 16.4. The standard InChI is InChI=1S/C14H19N3O4/c1-3-10(8-13(19)20)16-14(21)17-12-6-4-5-11(7-12)15-9(2)18/h4-7,10H,3,8H2,1-2H3,(H,15,18)(H,19,20)(H2,16,17,21). The summed E-state index contributed by atoms with van der Waals surface area (Å²) < 4.78 is 0. The summed E-state index contributed by atoms with van der Waals surface area (Å²) >= 11 is 0. The molecule has 114 valence electrons. The number of carboxylic acids is 1. The first-order valence-electron chi connectivity index (χ1n) is 6.57. The first-order chi connectivity index (χ1) is 9.90. The van der Waals surface area contributed by atoms with Gasteiger partial charge in [0.05, 0.1) is 6.42 Å². The molecule has 0 aromatic heterocycles. The summed E-state index contributed by atoms with van der Waals surface area (Å²) in [5.41, 5.74) is 1.07. The molecule has 0 aliphatic carbocycles. The number of nitrogens with one attached hydrogen (secondary N) is 3. The molecule has 0 radical (unpaired) electrons. The lowest BCUT2D eigenvalue weighted by Gasteiger charge is -2.15. The highest BCUT2D eigenvalue weighted by molar-refractivity contribution is 5.92. The van der Waals surface area contributed by atoms with E-state index in [1.165, 1.54) is 6.92 Å². The van der Waals surface area contributed by atoms with Crippen molar-refractivity contribution in [3.8, 4) is 0 Å². The van der Waals surface area contributed by atoms with Gasteiger partial charge < -0.3 is 21.1 Å². The van der Waals surface area contributed by atoms with Crippen LogP contribution in [0.1, 0.15) is 26.7 Å². The van der Waals surface area contributed by atoms with Gasteiger partial charge in [-0.15, -0.1) is 0 Å². The van der Waals surface area contributed by atoms with E-state index in [9.17, 15) is 14.4 Å². The molecule has 1 rings (SSSR count). The van der Waals surface area contributed by atoms with Crippen LogP contribution < -0.4 is 16.0 Å². The summed E-state index contributed by atoms with van der Waals surface area (Å²) in [6.07, 6.45) is 0.390. The van der Waals surface area contributed by atoms with Crippen molar-refractivity contribution in [2.24, 2.45) is 0 Å². The first-order valence-corrected chi connectivity index (χ1v) is 6.57. The van der Waals surface area contributed by atoms with Crippen LogP contribution in [-0.2, 0) is 9.59 Å². The minimum atomic E-state index is -0.963. The van der Waals surface area contributed by atoms with Crippen molar-refractivity contribution in [3.63, 3.8) is 0 Å². The molecule has 7 nitrogen and oxygen atoms in total. The van der Waals surface area contributed by atoms with Crippen molar-refractivity contribution in [1.29, 1.82) is 0 Å². The largest absolute Gasteiger partial charge is 0.481 e. The van der Waals surface area contributed by atoms with Crippen LogP contribution in [0, 0.1) is 0 Å². The van der Waals surface area contributed by atoms with E-state index < -0.39 is 18.0 Å². The van der Waals surface area contributed by atoms with Crippen molar-refractivity contribution < 1.29 is 19.5 Å². The number of amides is 3. The molecule has 1 aromatic rings. The Hall–Kier alpha value is -2.57. The van der Waals surface area contributed by atoms with Gasteiger partial charge in [0.25, 0.3) is 0 Å². The van der Waals surface area contributed by atoms with Gasteiger partial charge in [-0.25, -0.2) is 4.79 Å². The molecule has 3 amide bonds. The third-order valence-electron chi connectivity index (χ3n) is 2.69. The molecule has 0 fully saturated rings. The Bertz CT molecular complexity index is 531. The fraction of sp³-hybridized carbons (Fsp3) is 0.357. The average molecular weight is 293 g/mol. The Kier molecular flexibility index (Phi) is 6.19. The van der Waals surface area contributed by atoms with E-state index >= 15 is 0 Å². The summed E-state index contributed by atoms with van der Waals surface area (Å²) in [6.45, 7) is 3.19. The molecule has 1 unspecified atom stereocenters. The number of carboxylic acid groups (broad SMARTS) is 1. The van der Waals surface area contributed by atoms with E-state index in [0.29, 0.717) is 17.8 Å². The fourth-order valence-corrected chi connectivity index (χ4v) is 1.74. The van der Waals surface area contributed by atoms with E-state index in [1.54, 1.807) is 31.2 Å². The minimum absolute atomic E-state index is 0.129. The number of urea groups is 1. The third kappa shape index (κ3) is 6.42. The summed E-state index contributed by atoms with van der Waals surface area (Å²) in [4.78, 5) is 33.4. The molecule has 1 aromatic carbocycles. The van der Waals surface area contributed by atoms with Crippen LogP contribution in [0.3, 0.4) is 0 Å². The monoisotopic (exact) mass is 293 g/mol. The molecular weight excluding hydrogens is 274 g/mol. The second kappa shape index (κ2) is 7.88. The van der Waals surface area contributed by atoms with Crippen LogP contribution in [0.15, 0.2) is 24.3 Å². The Morgan fingerprint density at radius 1 is 1.19 bits per heavy atom. The number of anilines is 2. The molecule has 0 bridgehead atoms. The lowest BCUT2D eigenvalue weighted by atomic mass is 10.1. The minimum Gasteiger partial charge on any atom is -0.481 e. The number of carbonyl (C=O) groups excluding carboxylic acids is 2. The summed E-state index contributed by atoms with van der Waals surface area (Å²) in [5, 5.41) is 16.5. The maximum Gasteiger partial charge on any atom is 0.319 e. The van der Waals surface area contributed by atoms with Gasteiger partial charge in [-0.3, -0.25) is 9.59 Å². The zero-order chi connectivity index (χ0) is 15.8. The van der Waals surface area contributed by atoms with Gasteiger partial charge in [0.2, 0.25) is 5.91 Å². The topological polar surface area (TPSA) is 108 Å². The van der Waals surface area contributed by atoms with Crippen molar-refractivity contribution in [3.05, 3.63) is 24.3 Å². The fourth-order valence-electron chi connectivity index (χ4n) is 1.74. The highest BCUT2D eigenvalue weighted by Crippen LogP contribution is 2.15. The van der Waals surface area contributed by atoms with Gasteiger partial charge >= 0.3 is 12.0 Å². The number of hydrogen-bond acceptors (Lipinski definition) is 3. The lowest BCUT2D eigenvalue weighted by Crippen LogP contribution is -2.38. The Labute approximate surface area is 122 Å². The van der Waals surface area contributed by atoms with Crippen LogP contribution in [0.25, 0.3) is 0 Å². The highest BCUT2D eigenvalue weighted by Gasteiger charge is 2.14. The van der Waals surface area contributed by atoms with E-state index in [1.807, 2.05) is 0 Å². The SMILES string of the molecule is CCC(CC(=O)O)NC(=O)Nc1cccc(NC(C)=O)c1. The molecule has 0 spiro atoms. The summed E-state index contributed by atoms with van der Waals surface area (Å²) in [6, 6.07) is 5.76. The Balaban J connectivity index is 2.61. The number of benzene rings is 1. The molecular formula is C14H19N3O4. The quantitative estimate of drug-likeness (QED) is 0.643. The number of hydrogen-bond donors (Lipinski definition) is 4. The second-order valence-corrected chi connectivity index (χ2v) is 4.56. The zero-order valence-electron chi connectivity index (χ0n) is 12.0. The van der Waals surface area contributed by atoms with Gasteiger partial charge in [-0.2, -0.15) is 0 Å². The first kappa shape index (κ1) is 16.5. The number of aliphatic carboxylic acids is 1. The smallest absolute Gasteiger partial charge is 0.319 e. The number of rotatable bonds is 6. The predicted octanol–water partition coefficient (Wildman–Crippen LogP) is 2.02. The van der Waals surface area contributed by atoms with Gasteiger partial charge in [0, 0.05) is 24.3 Å². The molecule has 21 heavy (non-hydrogen) atoms. The van der Waals surface area contributed by atoms with E-state index in [0.717, 1.165) is 0 Å². The Morgan fingerprint density at radius 3 is 2.33 bits per heavy atom. The maximum atomic E-state index is 11.8. The molecule has 1 atom stereocenters. The molecule has 0 aliphatic rings. The molecule has 0 aliphatic heterocycles. The van der Waals surface area contributed by atoms with Gasteiger partial charge in [0.15, 0.2) is 0 Å². The normalized spacial score (nSPS) is 11.3. The van der Waals surface area contributed by atoms with Crippen LogP contribution in [0.2, 0.25) is 0 Å². The van der Waals surface area contributed by atoms with E-state index in [4.69, 9.17) is 5.11 Å². The van der Waals surface area contributed by atoms with Crippen molar-refractivity contribution in [2.75, 3.05) is 10.6 Å². The van der Waals surface area contributed by atoms with E-state index in [2.05, 4.69) is 16.0 Å². The zero-order valence-corrected chi connectivity index (χ0v) is 12.0. The predicted molar refractivity (Wildman–Crippen MR) is 79.2 cm³/mol. The van der Waals surface area contributed by atoms with Gasteiger partial charge in [-0.1, -0.05) is 13.0 Å². The number of carbonyl (C=O) groups is 3. The summed E-state index contributed by atoms with van der Waals surface area (Å²) in [5.74, 6) is -1.17. The van der Waals surface area contributed by atoms with Gasteiger partial charge in [-0.05, 0) is 24.6 Å². The molecule has 0 saturated heterocycles. The Morgan fingerprint density at radius 2 is 1.81 bits per heavy atom. The van der Waals surface area contributed by atoms with Crippen LogP contribution in [-0.4, -0.2) is 29.1 Å². The van der Waals surface area contributed by atoms with Gasteiger partial charge in [0.1, 0.15) is 0 Å². The van der Waals surface area contributed by atoms with Crippen LogP contribution >= 0.6 is 0 Å². The molecule has 4 N–H and O–H groups in total. The van der Waals surface area contributed by atoms with Crippen molar-refractivity contribution in [1.82, 2.24) is 5.32 Å².